The van der Waals surface area contributed by atoms with Gasteiger partial charge in [-0.2, -0.15) is 18.3 Å². The molecule has 1 saturated heterocycles. The first-order valence-electron chi connectivity index (χ1n) is 8.84. The van der Waals surface area contributed by atoms with Crippen molar-refractivity contribution < 1.29 is 23.1 Å². The fraction of sp³-hybridized carbons (Fsp3) is 0.389. The van der Waals surface area contributed by atoms with Gasteiger partial charge >= 0.3 is 12.3 Å². The van der Waals surface area contributed by atoms with E-state index < -0.39 is 18.0 Å². The molecule has 1 aliphatic rings. The standard InChI is InChI=1S/C18H18F3N5O2/c1-10-8-15(18(19,20)21)24-26(10)16-3-2-12-14(23-16)9-13(22-12)11-4-6-25(7-5-11)17(27)28/h2-3,8-9,11,22H,4-7H2,1H3,(H,27,28). The van der Waals surface area contributed by atoms with Gasteiger partial charge < -0.3 is 15.0 Å². The monoisotopic (exact) mass is 393 g/mol. The van der Waals surface area contributed by atoms with Gasteiger partial charge in [-0.15, -0.1) is 0 Å². The van der Waals surface area contributed by atoms with Gasteiger partial charge in [-0.25, -0.2) is 14.5 Å². The molecule has 0 radical (unpaired) electrons. The number of halogens is 3. The number of aromatic amines is 1. The van der Waals surface area contributed by atoms with Crippen molar-refractivity contribution in [2.45, 2.75) is 31.9 Å². The zero-order valence-corrected chi connectivity index (χ0v) is 15.0. The van der Waals surface area contributed by atoms with Crippen molar-refractivity contribution in [1.29, 1.82) is 0 Å². The second-order valence-corrected chi connectivity index (χ2v) is 6.95. The Bertz CT molecular complexity index is 1030. The van der Waals surface area contributed by atoms with Gasteiger partial charge in [-0.05, 0) is 44.0 Å². The normalized spacial score (nSPS) is 16.1. The molecule has 0 bridgehead atoms. The number of hydrogen-bond donors (Lipinski definition) is 2. The Morgan fingerprint density at radius 3 is 2.57 bits per heavy atom. The van der Waals surface area contributed by atoms with Crippen LogP contribution in [0.5, 0.6) is 0 Å². The van der Waals surface area contributed by atoms with Gasteiger partial charge in [0.15, 0.2) is 11.5 Å². The number of aromatic nitrogens is 4. The highest BCUT2D eigenvalue weighted by Gasteiger charge is 2.34. The topological polar surface area (TPSA) is 87.0 Å². The maximum Gasteiger partial charge on any atom is 0.435 e. The van der Waals surface area contributed by atoms with Gasteiger partial charge in [0.05, 0.1) is 11.0 Å². The molecule has 2 N–H and O–H groups in total. The number of likely N-dealkylation sites (tertiary alicyclic amines) is 1. The number of carboxylic acid groups (broad SMARTS) is 1. The molecule has 1 amide bonds. The number of fused-ring (bicyclic) bond motifs is 1. The van der Waals surface area contributed by atoms with Crippen molar-refractivity contribution in [3.63, 3.8) is 0 Å². The number of H-pyrrole nitrogens is 1. The Balaban J connectivity index is 1.61. The van der Waals surface area contributed by atoms with Gasteiger partial charge in [0.2, 0.25) is 0 Å². The van der Waals surface area contributed by atoms with E-state index in [1.807, 2.05) is 6.07 Å². The van der Waals surface area contributed by atoms with E-state index in [4.69, 9.17) is 5.11 Å². The van der Waals surface area contributed by atoms with E-state index in [0.717, 1.165) is 17.3 Å². The lowest BCUT2D eigenvalue weighted by Gasteiger charge is -2.29. The molecule has 7 nitrogen and oxygen atoms in total. The third kappa shape index (κ3) is 3.30. The molecule has 28 heavy (non-hydrogen) atoms. The first-order valence-corrected chi connectivity index (χ1v) is 8.84. The number of amides is 1. The van der Waals surface area contributed by atoms with Crippen LogP contribution in [0.1, 0.15) is 35.8 Å². The zero-order valence-electron chi connectivity index (χ0n) is 15.0. The number of piperidine rings is 1. The quantitative estimate of drug-likeness (QED) is 0.691. The largest absolute Gasteiger partial charge is 0.465 e. The van der Waals surface area contributed by atoms with Gasteiger partial charge in [-0.1, -0.05) is 0 Å². The molecule has 0 aromatic carbocycles. The molecule has 10 heteroatoms. The minimum absolute atomic E-state index is 0.191. The lowest BCUT2D eigenvalue weighted by atomic mass is 9.94. The van der Waals surface area contributed by atoms with E-state index in [1.165, 1.54) is 9.58 Å². The Hall–Kier alpha value is -3.04. The van der Waals surface area contributed by atoms with Crippen LogP contribution in [0.4, 0.5) is 18.0 Å². The summed E-state index contributed by atoms with van der Waals surface area (Å²) >= 11 is 0. The molecule has 148 valence electrons. The van der Waals surface area contributed by atoms with Crippen LogP contribution in [0.3, 0.4) is 0 Å². The van der Waals surface area contributed by atoms with E-state index in [-0.39, 0.29) is 5.92 Å². The first kappa shape index (κ1) is 18.3. The molecule has 4 heterocycles. The van der Waals surface area contributed by atoms with Crippen LogP contribution in [0.15, 0.2) is 24.3 Å². The summed E-state index contributed by atoms with van der Waals surface area (Å²) in [4.78, 5) is 20.2. The van der Waals surface area contributed by atoms with Crippen LogP contribution < -0.4 is 0 Å². The van der Waals surface area contributed by atoms with E-state index in [0.29, 0.717) is 43.0 Å². The average molecular weight is 393 g/mol. The average Bonchev–Trinajstić information content (AvgIpc) is 3.24. The predicted molar refractivity (Wildman–Crippen MR) is 94.5 cm³/mol. The highest BCUT2D eigenvalue weighted by atomic mass is 19.4. The van der Waals surface area contributed by atoms with Gasteiger partial charge in [0.25, 0.3) is 0 Å². The smallest absolute Gasteiger partial charge is 0.435 e. The summed E-state index contributed by atoms with van der Waals surface area (Å²) in [5, 5.41) is 12.7. The molecular weight excluding hydrogens is 375 g/mol. The number of hydrogen-bond acceptors (Lipinski definition) is 3. The third-order valence-electron chi connectivity index (χ3n) is 5.08. The lowest BCUT2D eigenvalue weighted by Crippen LogP contribution is -2.36. The van der Waals surface area contributed by atoms with Crippen molar-refractivity contribution in [3.05, 3.63) is 41.3 Å². The van der Waals surface area contributed by atoms with E-state index in [9.17, 15) is 18.0 Å². The van der Waals surface area contributed by atoms with Crippen LogP contribution in [0.2, 0.25) is 0 Å². The summed E-state index contributed by atoms with van der Waals surface area (Å²) < 4.78 is 39.9. The molecule has 0 unspecified atom stereocenters. The summed E-state index contributed by atoms with van der Waals surface area (Å²) in [5.41, 5.74) is 1.76. The Labute approximate surface area is 157 Å². The Kier molecular flexibility index (Phi) is 4.28. The third-order valence-corrected chi connectivity index (χ3v) is 5.08. The van der Waals surface area contributed by atoms with Crippen molar-refractivity contribution in [2.75, 3.05) is 13.1 Å². The molecular formula is C18H18F3N5O2. The molecule has 0 aliphatic carbocycles. The highest BCUT2D eigenvalue weighted by Crippen LogP contribution is 2.31. The van der Waals surface area contributed by atoms with Crippen molar-refractivity contribution in [3.8, 4) is 5.82 Å². The molecule has 0 spiro atoms. The number of pyridine rings is 1. The Morgan fingerprint density at radius 2 is 1.96 bits per heavy atom. The van der Waals surface area contributed by atoms with Crippen LogP contribution in [0, 0.1) is 6.92 Å². The van der Waals surface area contributed by atoms with E-state index in [2.05, 4.69) is 15.1 Å². The van der Waals surface area contributed by atoms with E-state index >= 15 is 0 Å². The van der Waals surface area contributed by atoms with Gasteiger partial charge in [0.1, 0.15) is 0 Å². The SMILES string of the molecule is Cc1cc(C(F)(F)F)nn1-c1ccc2[nH]c(C3CCN(C(=O)O)CC3)cc2n1. The summed E-state index contributed by atoms with van der Waals surface area (Å²) in [6, 6.07) is 6.26. The lowest BCUT2D eigenvalue weighted by molar-refractivity contribution is -0.141. The van der Waals surface area contributed by atoms with Crippen LogP contribution in [-0.4, -0.2) is 48.9 Å². The van der Waals surface area contributed by atoms with Crippen LogP contribution >= 0.6 is 0 Å². The number of nitrogens with zero attached hydrogens (tertiary/aromatic N) is 4. The molecule has 3 aromatic rings. The van der Waals surface area contributed by atoms with Crippen LogP contribution in [-0.2, 0) is 6.18 Å². The molecule has 0 saturated carbocycles. The van der Waals surface area contributed by atoms with Crippen LogP contribution in [0.25, 0.3) is 16.9 Å². The Morgan fingerprint density at radius 1 is 1.25 bits per heavy atom. The summed E-state index contributed by atoms with van der Waals surface area (Å²) in [6.45, 7) is 2.49. The molecule has 4 rings (SSSR count). The second kappa shape index (κ2) is 6.54. The highest BCUT2D eigenvalue weighted by molar-refractivity contribution is 5.77. The maximum absolute atomic E-state index is 12.9. The zero-order chi connectivity index (χ0) is 20.1. The first-order chi connectivity index (χ1) is 13.2. The fourth-order valence-electron chi connectivity index (χ4n) is 3.58. The van der Waals surface area contributed by atoms with Gasteiger partial charge in [0, 0.05) is 30.4 Å². The van der Waals surface area contributed by atoms with Gasteiger partial charge in [-0.3, -0.25) is 0 Å². The minimum atomic E-state index is -4.51. The maximum atomic E-state index is 12.9. The molecule has 1 aliphatic heterocycles. The molecule has 1 fully saturated rings. The minimum Gasteiger partial charge on any atom is -0.465 e. The summed E-state index contributed by atoms with van der Waals surface area (Å²) in [6.07, 6.45) is -4.00. The second-order valence-electron chi connectivity index (χ2n) is 6.95. The molecule has 0 atom stereocenters. The number of alkyl halides is 3. The fourth-order valence-corrected chi connectivity index (χ4v) is 3.58. The summed E-state index contributed by atoms with van der Waals surface area (Å²) in [5.74, 6) is 0.503. The predicted octanol–water partition coefficient (Wildman–Crippen LogP) is 3.93. The number of nitrogens with one attached hydrogen (secondary N) is 1. The molecule has 3 aromatic heterocycles. The number of aryl methyl sites for hydroxylation is 1. The van der Waals surface area contributed by atoms with E-state index in [1.54, 1.807) is 19.1 Å². The van der Waals surface area contributed by atoms with Crippen molar-refractivity contribution >= 4 is 17.1 Å². The number of rotatable bonds is 2. The number of carbonyl (C=O) groups is 1. The van der Waals surface area contributed by atoms with Crippen molar-refractivity contribution in [2.24, 2.45) is 0 Å². The summed E-state index contributed by atoms with van der Waals surface area (Å²) in [7, 11) is 0. The van der Waals surface area contributed by atoms with Crippen molar-refractivity contribution in [1.82, 2.24) is 24.6 Å².